The summed E-state index contributed by atoms with van der Waals surface area (Å²) in [6.07, 6.45) is 17.6. The van der Waals surface area contributed by atoms with Crippen LogP contribution < -0.4 is 5.19 Å². The van der Waals surface area contributed by atoms with E-state index in [0.29, 0.717) is 5.71 Å². The first-order valence-corrected chi connectivity index (χ1v) is 21.4. The topological polar surface area (TPSA) is 51.8 Å². The van der Waals surface area contributed by atoms with Gasteiger partial charge in [0.2, 0.25) is 5.71 Å². The smallest absolute Gasteiger partial charge is 0.216 e. The Kier molecular flexibility index (Phi) is 11.3. The maximum Gasteiger partial charge on any atom is 0.216 e. The van der Waals surface area contributed by atoms with E-state index in [0.717, 1.165) is 62.8 Å². The summed E-state index contributed by atoms with van der Waals surface area (Å²) in [5.74, 6) is 1.70. The van der Waals surface area contributed by atoms with Gasteiger partial charge in [-0.1, -0.05) is 105 Å². The van der Waals surface area contributed by atoms with Crippen LogP contribution in [0.4, 0.5) is 0 Å². The maximum absolute atomic E-state index is 6.11. The Morgan fingerprint density at radius 1 is 0.776 bits per heavy atom. The molecule has 6 aromatic rings. The van der Waals surface area contributed by atoms with E-state index in [2.05, 4.69) is 84.3 Å². The van der Waals surface area contributed by atoms with Crippen molar-refractivity contribution >= 4 is 35.3 Å². The molecule has 0 N–H and O–H groups in total. The van der Waals surface area contributed by atoms with E-state index in [1.165, 1.54) is 63.4 Å². The van der Waals surface area contributed by atoms with Crippen LogP contribution in [0.3, 0.4) is 0 Å². The summed E-state index contributed by atoms with van der Waals surface area (Å²) in [6, 6.07) is 29.6. The molecule has 1 radical (unpaired) electrons. The maximum atomic E-state index is 6.11. The summed E-state index contributed by atoms with van der Waals surface area (Å²) in [5, 5.41) is 3.66. The predicted octanol–water partition coefficient (Wildman–Crippen LogP) is 10.7. The summed E-state index contributed by atoms with van der Waals surface area (Å²) in [5.41, 5.74) is 9.42. The van der Waals surface area contributed by atoms with Crippen molar-refractivity contribution in [3.05, 3.63) is 108 Å². The molecule has 8 rings (SSSR count). The number of pyridine rings is 3. The summed E-state index contributed by atoms with van der Waals surface area (Å²) < 4.78 is 6.11. The number of benzene rings is 2. The second kappa shape index (κ2) is 15.6. The Morgan fingerprint density at radius 3 is 2.24 bits per heavy atom. The van der Waals surface area contributed by atoms with E-state index in [1.807, 2.05) is 43.5 Å². The van der Waals surface area contributed by atoms with E-state index in [9.17, 15) is 0 Å². The second-order valence-corrected chi connectivity index (χ2v) is 20.1. The fraction of sp³-hybridized carbons (Fsp3) is 0.372. The van der Waals surface area contributed by atoms with Gasteiger partial charge in [-0.25, -0.2) is 4.98 Å². The summed E-state index contributed by atoms with van der Waals surface area (Å²) in [6.45, 7) is 9.26. The quantitative estimate of drug-likeness (QED) is 0.119. The van der Waals surface area contributed by atoms with Crippen LogP contribution >= 0.6 is 0 Å². The van der Waals surface area contributed by atoms with Crippen molar-refractivity contribution in [1.82, 2.24) is 15.0 Å². The monoisotopic (exact) mass is 842 g/mol. The van der Waals surface area contributed by atoms with Crippen LogP contribution in [-0.2, 0) is 32.9 Å². The van der Waals surface area contributed by atoms with Gasteiger partial charge in [0.1, 0.15) is 0 Å². The molecule has 0 atom stereocenters. The second-order valence-electron chi connectivity index (χ2n) is 15.0. The standard InChI is InChI=1S/C23H21N2O.C20H26NSi.Ir/c1-15-9-10-19-18-7-4-8-20(22(18)26-23(19)25-15)21-14-17(11-12-24-21)13-16-5-2-3-6-16;1-22(2,3)20-15-21-19(17-11-5-4-6-12-17)14-18(20)13-16-9-7-8-10-16;/h4,7,9-12,14,16H,2-3,5-6,13H2,1H3;4-6,11,14-16H,7-10,13H2,1-3H3;/q2*-1;. The number of aryl methyl sites for hydroxylation is 1. The van der Waals surface area contributed by atoms with Gasteiger partial charge in [-0.3, -0.25) is 0 Å². The molecule has 4 heterocycles. The molecule has 2 fully saturated rings. The Labute approximate surface area is 306 Å². The molecule has 2 aliphatic carbocycles. The molecule has 0 unspecified atom stereocenters. The van der Waals surface area contributed by atoms with Crippen LogP contribution in [0.15, 0.2) is 83.5 Å². The summed E-state index contributed by atoms with van der Waals surface area (Å²) in [4.78, 5) is 13.9. The molecule has 0 aliphatic heterocycles. The van der Waals surface area contributed by atoms with Crippen LogP contribution in [0, 0.1) is 30.9 Å². The molecular formula is C43H47IrN3OSi-2. The van der Waals surface area contributed by atoms with Gasteiger partial charge in [-0.2, -0.15) is 0 Å². The molecule has 255 valence electrons. The van der Waals surface area contributed by atoms with E-state index in [-0.39, 0.29) is 20.1 Å². The third-order valence-corrected chi connectivity index (χ3v) is 12.3. The molecule has 2 saturated carbocycles. The number of rotatable bonds is 7. The molecule has 4 aromatic heterocycles. The molecule has 2 aromatic carbocycles. The zero-order chi connectivity index (χ0) is 33.1. The van der Waals surface area contributed by atoms with Gasteiger partial charge < -0.3 is 14.4 Å². The molecule has 2 aliphatic rings. The summed E-state index contributed by atoms with van der Waals surface area (Å²) in [7, 11) is -1.35. The molecule has 0 bridgehead atoms. The van der Waals surface area contributed by atoms with Crippen molar-refractivity contribution in [2.75, 3.05) is 0 Å². The van der Waals surface area contributed by atoms with E-state index in [4.69, 9.17) is 9.40 Å². The first-order valence-electron chi connectivity index (χ1n) is 17.9. The van der Waals surface area contributed by atoms with E-state index < -0.39 is 8.07 Å². The fourth-order valence-electron chi connectivity index (χ4n) is 7.76. The fourth-order valence-corrected chi connectivity index (χ4v) is 9.35. The molecule has 0 saturated heterocycles. The van der Waals surface area contributed by atoms with Crippen molar-refractivity contribution in [1.29, 1.82) is 0 Å². The number of fused-ring (bicyclic) bond motifs is 3. The number of hydrogen-bond acceptors (Lipinski definition) is 4. The number of nitrogens with zero attached hydrogens (tertiary/aromatic N) is 3. The van der Waals surface area contributed by atoms with Gasteiger partial charge in [0, 0.05) is 43.6 Å². The normalized spacial score (nSPS) is 15.3. The van der Waals surface area contributed by atoms with Crippen molar-refractivity contribution in [3.8, 4) is 22.5 Å². The van der Waals surface area contributed by atoms with Gasteiger partial charge in [0.15, 0.2) is 0 Å². The Morgan fingerprint density at radius 2 is 1.53 bits per heavy atom. The van der Waals surface area contributed by atoms with Gasteiger partial charge in [-0.05, 0) is 66.4 Å². The van der Waals surface area contributed by atoms with Crippen LogP contribution in [0.1, 0.15) is 68.2 Å². The van der Waals surface area contributed by atoms with E-state index in [1.54, 1.807) is 10.8 Å². The Hall–Kier alpha value is -3.44. The molecule has 49 heavy (non-hydrogen) atoms. The molecule has 4 nitrogen and oxygen atoms in total. The first kappa shape index (κ1) is 35.4. The van der Waals surface area contributed by atoms with Crippen LogP contribution in [0.2, 0.25) is 19.6 Å². The van der Waals surface area contributed by atoms with Crippen LogP contribution in [0.5, 0.6) is 0 Å². The number of aromatic nitrogens is 3. The minimum atomic E-state index is -1.35. The first-order chi connectivity index (χ1) is 23.3. The molecular weight excluding hydrogens is 795 g/mol. The average Bonchev–Trinajstić information content (AvgIpc) is 3.87. The van der Waals surface area contributed by atoms with Crippen molar-refractivity contribution in [2.24, 2.45) is 11.8 Å². The minimum Gasteiger partial charge on any atom is -0.486 e. The number of hydrogen-bond donors (Lipinski definition) is 0. The van der Waals surface area contributed by atoms with Crippen LogP contribution in [0.25, 0.3) is 44.6 Å². The largest absolute Gasteiger partial charge is 0.486 e. The van der Waals surface area contributed by atoms with Crippen molar-refractivity contribution in [3.63, 3.8) is 0 Å². The van der Waals surface area contributed by atoms with Gasteiger partial charge in [0.05, 0.1) is 13.7 Å². The molecule has 0 spiro atoms. The van der Waals surface area contributed by atoms with Crippen LogP contribution in [-0.4, -0.2) is 23.0 Å². The number of furan rings is 1. The molecule has 6 heteroatoms. The third-order valence-electron chi connectivity index (χ3n) is 10.3. The van der Waals surface area contributed by atoms with Crippen molar-refractivity contribution < 1.29 is 24.5 Å². The zero-order valence-electron chi connectivity index (χ0n) is 29.3. The Balaban J connectivity index is 0.000000169. The average molecular weight is 842 g/mol. The van der Waals surface area contributed by atoms with Gasteiger partial charge >= 0.3 is 0 Å². The zero-order valence-corrected chi connectivity index (χ0v) is 32.7. The molecule has 0 amide bonds. The van der Waals surface area contributed by atoms with Gasteiger partial charge in [0.25, 0.3) is 0 Å². The minimum absolute atomic E-state index is 0. The predicted molar refractivity (Wildman–Crippen MR) is 201 cm³/mol. The third kappa shape index (κ3) is 8.31. The summed E-state index contributed by atoms with van der Waals surface area (Å²) >= 11 is 0. The van der Waals surface area contributed by atoms with Crippen molar-refractivity contribution in [2.45, 2.75) is 90.8 Å². The SMILES string of the molecule is C[Si](C)(C)c1cnc(-c2[c-]cccc2)cc1CC1CCCC1.Cc1ccc2c(n1)oc1c(-c3cc(CC4CCCC4)ccn3)[c-]ccc12.[Ir]. The van der Waals surface area contributed by atoms with E-state index >= 15 is 0 Å². The Bertz CT molecular complexity index is 2000. The van der Waals surface area contributed by atoms with Gasteiger partial charge in [-0.15, -0.1) is 54.1 Å².